The molecule has 0 spiro atoms. The normalized spacial score (nSPS) is 30.6. The zero-order valence-corrected chi connectivity index (χ0v) is 10.8. The monoisotopic (exact) mass is 273 g/mol. The quantitative estimate of drug-likeness (QED) is 0.519. The molecule has 1 saturated carbocycles. The average Bonchev–Trinajstić information content (AvgIpc) is 2.99. The van der Waals surface area contributed by atoms with Crippen LogP contribution in [0.2, 0.25) is 0 Å². The van der Waals surface area contributed by atoms with Gasteiger partial charge in [-0.3, -0.25) is 14.9 Å². The number of nitro groups is 1. The summed E-state index contributed by atoms with van der Waals surface area (Å²) in [5.74, 6) is -0.0661. The Morgan fingerprint density at radius 3 is 2.80 bits per heavy atom. The van der Waals surface area contributed by atoms with Crippen LogP contribution >= 0.6 is 0 Å². The van der Waals surface area contributed by atoms with E-state index < -0.39 is 10.9 Å². The van der Waals surface area contributed by atoms with E-state index in [9.17, 15) is 14.9 Å². The van der Waals surface area contributed by atoms with Gasteiger partial charge in [0.2, 0.25) is 0 Å². The number of allylic oxidation sites excluding steroid dienone is 2. The van der Waals surface area contributed by atoms with Crippen LogP contribution < -0.4 is 0 Å². The van der Waals surface area contributed by atoms with Crippen molar-refractivity contribution in [3.8, 4) is 0 Å². The van der Waals surface area contributed by atoms with Crippen molar-refractivity contribution < 1.29 is 14.8 Å². The van der Waals surface area contributed by atoms with Gasteiger partial charge in [-0.15, -0.1) is 0 Å². The van der Waals surface area contributed by atoms with Crippen molar-refractivity contribution in [2.45, 2.75) is 18.8 Å². The molecule has 4 atom stereocenters. The molecule has 2 bridgehead atoms. The van der Waals surface area contributed by atoms with Crippen LogP contribution in [0, 0.1) is 27.9 Å². The zero-order valence-electron chi connectivity index (χ0n) is 10.8. The lowest BCUT2D eigenvalue weighted by molar-refractivity contribution is -0.384. The molecule has 104 valence electrons. The molecule has 5 heteroatoms. The second kappa shape index (κ2) is 4.74. The van der Waals surface area contributed by atoms with Crippen LogP contribution in [0.1, 0.15) is 24.3 Å². The number of carboxylic acid groups (broad SMARTS) is 1. The average molecular weight is 273 g/mol. The Hall–Kier alpha value is -2.17. The van der Waals surface area contributed by atoms with Crippen molar-refractivity contribution in [3.05, 3.63) is 52.1 Å². The highest BCUT2D eigenvalue weighted by molar-refractivity contribution is 5.67. The first kappa shape index (κ1) is 12.8. The number of non-ortho nitro benzene ring substituents is 1. The Kier molecular flexibility index (Phi) is 3.04. The summed E-state index contributed by atoms with van der Waals surface area (Å²) in [7, 11) is 0. The first-order valence-corrected chi connectivity index (χ1v) is 6.70. The Morgan fingerprint density at radius 1 is 1.35 bits per heavy atom. The molecule has 3 rings (SSSR count). The van der Waals surface area contributed by atoms with Crippen LogP contribution in [0.15, 0.2) is 36.4 Å². The molecule has 2 aliphatic rings. The molecule has 5 nitrogen and oxygen atoms in total. The van der Waals surface area contributed by atoms with Gasteiger partial charge in [0.1, 0.15) is 0 Å². The van der Waals surface area contributed by atoms with Gasteiger partial charge in [0, 0.05) is 18.6 Å². The number of carboxylic acids is 1. The van der Waals surface area contributed by atoms with Gasteiger partial charge in [-0.05, 0) is 35.7 Å². The lowest BCUT2D eigenvalue weighted by atomic mass is 9.77. The van der Waals surface area contributed by atoms with Gasteiger partial charge < -0.3 is 5.11 Å². The largest absolute Gasteiger partial charge is 0.481 e. The maximum atomic E-state index is 11.1. The van der Waals surface area contributed by atoms with Gasteiger partial charge in [0.15, 0.2) is 0 Å². The zero-order chi connectivity index (χ0) is 14.3. The van der Waals surface area contributed by atoms with Crippen molar-refractivity contribution in [1.29, 1.82) is 0 Å². The third-order valence-corrected chi connectivity index (χ3v) is 4.50. The summed E-state index contributed by atoms with van der Waals surface area (Å²) in [6, 6.07) is 6.62. The van der Waals surface area contributed by atoms with E-state index in [0.29, 0.717) is 11.8 Å². The summed E-state index contributed by atoms with van der Waals surface area (Å²) in [6.07, 6.45) is 5.32. The second-order valence-corrected chi connectivity index (χ2v) is 5.59. The van der Waals surface area contributed by atoms with Crippen LogP contribution in [0.3, 0.4) is 0 Å². The number of hydrogen-bond donors (Lipinski definition) is 1. The van der Waals surface area contributed by atoms with Gasteiger partial charge in [-0.25, -0.2) is 0 Å². The van der Waals surface area contributed by atoms with Crippen molar-refractivity contribution in [2.75, 3.05) is 0 Å². The molecule has 2 aliphatic carbocycles. The summed E-state index contributed by atoms with van der Waals surface area (Å²) >= 11 is 0. The Balaban J connectivity index is 1.95. The molecule has 0 heterocycles. The fraction of sp³-hybridized carbons (Fsp3) is 0.400. The Labute approximate surface area is 116 Å². The lowest BCUT2D eigenvalue weighted by Crippen LogP contribution is -2.21. The molecule has 0 aliphatic heterocycles. The van der Waals surface area contributed by atoms with Gasteiger partial charge in [0.05, 0.1) is 4.92 Å². The molecule has 1 N–H and O–H groups in total. The Bertz CT molecular complexity index is 595. The first-order chi connectivity index (χ1) is 9.56. The molecule has 20 heavy (non-hydrogen) atoms. The standard InChI is InChI=1S/C15H15NO4/c17-14(18)8-13-9-4-5-11(6-9)15(13)10-2-1-3-12(7-10)16(19)20/h1-5,7,9,11,13,15H,6,8H2,(H,17,18). The number of aliphatic carboxylic acids is 1. The number of carbonyl (C=O) groups is 1. The molecular weight excluding hydrogens is 258 g/mol. The van der Waals surface area contributed by atoms with Crippen LogP contribution in [-0.2, 0) is 4.79 Å². The summed E-state index contributed by atoms with van der Waals surface area (Å²) in [5, 5.41) is 20.0. The number of hydrogen-bond acceptors (Lipinski definition) is 3. The summed E-state index contributed by atoms with van der Waals surface area (Å²) in [6.45, 7) is 0. The second-order valence-electron chi connectivity index (χ2n) is 5.59. The van der Waals surface area contributed by atoms with E-state index in [0.717, 1.165) is 12.0 Å². The molecule has 1 fully saturated rings. The van der Waals surface area contributed by atoms with Crippen molar-refractivity contribution in [2.24, 2.45) is 17.8 Å². The van der Waals surface area contributed by atoms with Crippen molar-refractivity contribution >= 4 is 11.7 Å². The maximum Gasteiger partial charge on any atom is 0.303 e. The van der Waals surface area contributed by atoms with E-state index in [1.807, 2.05) is 6.07 Å². The molecule has 0 amide bonds. The molecule has 1 aromatic rings. The highest BCUT2D eigenvalue weighted by Crippen LogP contribution is 2.54. The first-order valence-electron chi connectivity index (χ1n) is 6.70. The summed E-state index contributed by atoms with van der Waals surface area (Å²) in [5.41, 5.74) is 0.964. The molecule has 1 aromatic carbocycles. The third kappa shape index (κ3) is 2.09. The van der Waals surface area contributed by atoms with Gasteiger partial charge in [0.25, 0.3) is 5.69 Å². The molecule has 0 saturated heterocycles. The van der Waals surface area contributed by atoms with E-state index in [1.54, 1.807) is 12.1 Å². The fourth-order valence-electron chi connectivity index (χ4n) is 3.74. The van der Waals surface area contributed by atoms with E-state index in [1.165, 1.54) is 6.07 Å². The minimum Gasteiger partial charge on any atom is -0.481 e. The smallest absolute Gasteiger partial charge is 0.303 e. The highest BCUT2D eigenvalue weighted by Gasteiger charge is 2.45. The maximum absolute atomic E-state index is 11.1. The minimum absolute atomic E-state index is 0.0458. The molecular formula is C15H15NO4. The third-order valence-electron chi connectivity index (χ3n) is 4.50. The van der Waals surface area contributed by atoms with Crippen molar-refractivity contribution in [3.63, 3.8) is 0 Å². The molecule has 0 aromatic heterocycles. The number of fused-ring (bicyclic) bond motifs is 2. The van der Waals surface area contributed by atoms with E-state index >= 15 is 0 Å². The van der Waals surface area contributed by atoms with E-state index in [-0.39, 0.29) is 23.9 Å². The number of rotatable bonds is 4. The summed E-state index contributed by atoms with van der Waals surface area (Å²) in [4.78, 5) is 21.5. The molecule has 0 radical (unpaired) electrons. The van der Waals surface area contributed by atoms with Crippen LogP contribution in [-0.4, -0.2) is 16.0 Å². The van der Waals surface area contributed by atoms with Crippen LogP contribution in [0.25, 0.3) is 0 Å². The number of nitrogens with zero attached hydrogens (tertiary/aromatic N) is 1. The topological polar surface area (TPSA) is 80.4 Å². The lowest BCUT2D eigenvalue weighted by Gasteiger charge is -2.27. The van der Waals surface area contributed by atoms with Crippen molar-refractivity contribution in [1.82, 2.24) is 0 Å². The fourth-order valence-corrected chi connectivity index (χ4v) is 3.74. The van der Waals surface area contributed by atoms with Gasteiger partial charge in [-0.2, -0.15) is 0 Å². The van der Waals surface area contributed by atoms with Gasteiger partial charge >= 0.3 is 5.97 Å². The van der Waals surface area contributed by atoms with E-state index in [4.69, 9.17) is 5.11 Å². The predicted molar refractivity (Wildman–Crippen MR) is 72.3 cm³/mol. The highest BCUT2D eigenvalue weighted by atomic mass is 16.6. The summed E-state index contributed by atoms with van der Waals surface area (Å²) < 4.78 is 0. The predicted octanol–water partition coefficient (Wildman–Crippen LogP) is 2.98. The SMILES string of the molecule is O=C(O)CC1C2C=CC(C2)C1c1cccc([N+](=O)[O-])c1. The number of nitro benzene ring substituents is 1. The molecule has 4 unspecified atom stereocenters. The number of benzene rings is 1. The Morgan fingerprint density at radius 2 is 2.10 bits per heavy atom. The van der Waals surface area contributed by atoms with Crippen LogP contribution in [0.5, 0.6) is 0 Å². The van der Waals surface area contributed by atoms with Crippen LogP contribution in [0.4, 0.5) is 5.69 Å². The minimum atomic E-state index is -0.800. The van der Waals surface area contributed by atoms with E-state index in [2.05, 4.69) is 12.2 Å². The van der Waals surface area contributed by atoms with Gasteiger partial charge in [-0.1, -0.05) is 24.3 Å².